The Labute approximate surface area is 587 Å². The highest BCUT2D eigenvalue weighted by Crippen LogP contribution is 2.58. The molecule has 2 nitrogen and oxygen atoms in total. The minimum atomic E-state index is -0.152. The first kappa shape index (κ1) is 67.0. The van der Waals surface area contributed by atoms with Crippen molar-refractivity contribution in [1.29, 1.82) is 0 Å². The second-order valence-electron chi connectivity index (χ2n) is 30.1. The van der Waals surface area contributed by atoms with Crippen molar-refractivity contribution in [2.45, 2.75) is 232 Å². The molecule has 500 valence electrons. The molecule has 0 aliphatic heterocycles. The third-order valence-electron chi connectivity index (χ3n) is 23.3. The largest absolute Gasteiger partial charge is 0.228 e. The Morgan fingerprint density at radius 1 is 0.245 bits per heavy atom. The van der Waals surface area contributed by atoms with E-state index in [9.17, 15) is 0 Å². The molecule has 0 saturated carbocycles. The van der Waals surface area contributed by atoms with Crippen molar-refractivity contribution in [2.24, 2.45) is 0 Å². The average molecular weight is 1290 g/mol. The molecule has 0 N–H and O–H groups in total. The van der Waals surface area contributed by atoms with Gasteiger partial charge in [0.1, 0.15) is 0 Å². The van der Waals surface area contributed by atoms with E-state index in [-0.39, 0.29) is 10.8 Å². The van der Waals surface area contributed by atoms with Crippen molar-refractivity contribution in [3.63, 3.8) is 0 Å². The van der Waals surface area contributed by atoms with Gasteiger partial charge in [-0.3, -0.25) is 0 Å². The Hall–Kier alpha value is -8.20. The Kier molecular flexibility index (Phi) is 20.9. The van der Waals surface area contributed by atoms with Crippen LogP contribution in [-0.2, 0) is 10.8 Å². The summed E-state index contributed by atoms with van der Waals surface area (Å²) in [5.41, 5.74) is 22.2. The van der Waals surface area contributed by atoms with Crippen LogP contribution in [0, 0.1) is 13.8 Å². The predicted molar refractivity (Wildman–Crippen MR) is 425 cm³/mol. The van der Waals surface area contributed by atoms with E-state index in [4.69, 9.17) is 9.97 Å². The first-order valence-electron chi connectivity index (χ1n) is 38.9. The van der Waals surface area contributed by atoms with Crippen LogP contribution in [0.25, 0.3) is 121 Å². The predicted octanol–water partition coefficient (Wildman–Crippen LogP) is 29.1. The van der Waals surface area contributed by atoms with Gasteiger partial charge in [-0.05, 0) is 198 Å². The van der Waals surface area contributed by atoms with E-state index in [0.717, 1.165) is 35.6 Å². The number of unbranched alkanes of at least 4 members (excludes halogenated alkanes) is 20. The van der Waals surface area contributed by atoms with Gasteiger partial charge < -0.3 is 0 Å². The molecule has 1 heterocycles. The maximum absolute atomic E-state index is 5.85. The molecule has 11 aromatic carbocycles. The van der Waals surface area contributed by atoms with Crippen molar-refractivity contribution in [2.75, 3.05) is 0 Å². The minimum absolute atomic E-state index is 0.0598. The van der Waals surface area contributed by atoms with Crippen LogP contribution in [0.1, 0.15) is 241 Å². The molecule has 0 unspecified atom stereocenters. The molecular weight excluding hydrogens is 1180 g/mol. The molecule has 0 amide bonds. The zero-order valence-electron chi connectivity index (χ0n) is 60.2. The van der Waals surface area contributed by atoms with Crippen molar-refractivity contribution in [3.05, 3.63) is 228 Å². The van der Waals surface area contributed by atoms with Crippen LogP contribution >= 0.6 is 0 Å². The highest BCUT2D eigenvalue weighted by atomic mass is 14.9. The van der Waals surface area contributed by atoms with E-state index in [0.29, 0.717) is 0 Å². The molecule has 14 rings (SSSR count). The number of fused-ring (bicyclic) bond motifs is 14. The lowest BCUT2D eigenvalue weighted by Crippen LogP contribution is -2.26. The molecular formula is C96H106N2. The third-order valence-corrected chi connectivity index (χ3v) is 23.3. The summed E-state index contributed by atoms with van der Waals surface area (Å²) in [6.45, 7) is 13.9. The number of rotatable bonds is 32. The van der Waals surface area contributed by atoms with Crippen LogP contribution in [0.5, 0.6) is 0 Å². The van der Waals surface area contributed by atoms with Crippen molar-refractivity contribution >= 4 is 53.9 Å². The lowest BCUT2D eigenvalue weighted by molar-refractivity contribution is 0.398. The molecule has 98 heavy (non-hydrogen) atoms. The highest BCUT2D eigenvalue weighted by Gasteiger charge is 2.44. The normalized spacial score (nSPS) is 13.5. The quantitative estimate of drug-likeness (QED) is 0.0239. The molecule has 2 heteroatoms. The monoisotopic (exact) mass is 1290 g/mol. The second-order valence-corrected chi connectivity index (χ2v) is 30.1. The van der Waals surface area contributed by atoms with Gasteiger partial charge in [0.2, 0.25) is 0 Å². The first-order valence-corrected chi connectivity index (χ1v) is 38.9. The lowest BCUT2D eigenvalue weighted by Gasteiger charge is -2.33. The molecule has 2 aliphatic carbocycles. The summed E-state index contributed by atoms with van der Waals surface area (Å²) in [6, 6.07) is 76.2. The summed E-state index contributed by atoms with van der Waals surface area (Å²) < 4.78 is 0. The summed E-state index contributed by atoms with van der Waals surface area (Å²) in [6.07, 6.45) is 35.6. The zero-order chi connectivity index (χ0) is 67.0. The number of nitrogens with zero attached hydrogens (tertiary/aromatic N) is 2. The fourth-order valence-corrected chi connectivity index (χ4v) is 18.0. The van der Waals surface area contributed by atoms with Crippen LogP contribution in [-0.4, -0.2) is 9.97 Å². The molecule has 0 fully saturated rings. The summed E-state index contributed by atoms with van der Waals surface area (Å²) >= 11 is 0. The fraction of sp³-hybridized carbons (Fsp3) is 0.375. The van der Waals surface area contributed by atoms with Gasteiger partial charge in [-0.1, -0.05) is 339 Å². The molecule has 0 radical (unpaired) electrons. The number of aryl methyl sites for hydroxylation is 2. The van der Waals surface area contributed by atoms with Gasteiger partial charge in [0.15, 0.2) is 5.82 Å². The number of aromatic nitrogens is 2. The number of benzene rings is 11. The molecule has 1 aromatic heterocycles. The fourth-order valence-electron chi connectivity index (χ4n) is 18.0. The first-order chi connectivity index (χ1) is 48.2. The maximum Gasteiger partial charge on any atom is 0.160 e. The number of hydrogen-bond acceptors (Lipinski definition) is 2. The summed E-state index contributed by atoms with van der Waals surface area (Å²) in [4.78, 5) is 11.7. The Morgan fingerprint density at radius 3 is 1.06 bits per heavy atom. The molecule has 0 bridgehead atoms. The van der Waals surface area contributed by atoms with Crippen LogP contribution in [0.4, 0.5) is 0 Å². The van der Waals surface area contributed by atoms with Crippen LogP contribution in [0.15, 0.2) is 194 Å². The average Bonchev–Trinajstić information content (AvgIpc) is 1.48. The third kappa shape index (κ3) is 13.6. The topological polar surface area (TPSA) is 25.8 Å². The van der Waals surface area contributed by atoms with E-state index in [1.54, 1.807) is 5.56 Å². The Balaban J connectivity index is 0.934. The smallest absolute Gasteiger partial charge is 0.160 e. The second kappa shape index (κ2) is 30.5. The SMILES string of the molecule is CCCCCCCCC1(CCCCCCCC)c2cc(C)ccc2-c2ccc(-c3cc(-c4ccc5c(c4)C(CCCCCCCC)(CCCCCCCC)c4cc(-c6ccc7cc8cc(C)ccc8cc7c6)ccc4-5)nc(-c4ccc5c6ccccc6c6ccccc6c5c4)n3)cc21. The van der Waals surface area contributed by atoms with Crippen molar-refractivity contribution in [1.82, 2.24) is 9.97 Å². The van der Waals surface area contributed by atoms with Gasteiger partial charge in [-0.25, -0.2) is 9.97 Å². The molecule has 0 saturated heterocycles. The summed E-state index contributed by atoms with van der Waals surface area (Å²) in [5.74, 6) is 0.777. The molecule has 2 aliphatic rings. The van der Waals surface area contributed by atoms with Gasteiger partial charge in [-0.15, -0.1) is 0 Å². The van der Waals surface area contributed by atoms with E-state index in [1.165, 1.54) is 293 Å². The van der Waals surface area contributed by atoms with Crippen LogP contribution < -0.4 is 0 Å². The van der Waals surface area contributed by atoms with Crippen molar-refractivity contribution < 1.29 is 0 Å². The van der Waals surface area contributed by atoms with E-state index < -0.39 is 0 Å². The molecule has 12 aromatic rings. The van der Waals surface area contributed by atoms with Gasteiger partial charge in [0.25, 0.3) is 0 Å². The Morgan fingerprint density at radius 2 is 0.582 bits per heavy atom. The van der Waals surface area contributed by atoms with Gasteiger partial charge in [0.05, 0.1) is 11.4 Å². The lowest BCUT2D eigenvalue weighted by atomic mass is 9.70. The van der Waals surface area contributed by atoms with Crippen LogP contribution in [0.2, 0.25) is 0 Å². The van der Waals surface area contributed by atoms with E-state index in [2.05, 4.69) is 236 Å². The molecule has 0 spiro atoms. The maximum atomic E-state index is 5.85. The van der Waals surface area contributed by atoms with Gasteiger partial charge in [-0.2, -0.15) is 0 Å². The van der Waals surface area contributed by atoms with Crippen LogP contribution in [0.3, 0.4) is 0 Å². The minimum Gasteiger partial charge on any atom is -0.228 e. The van der Waals surface area contributed by atoms with Gasteiger partial charge in [0, 0.05) is 27.5 Å². The number of hydrogen-bond donors (Lipinski definition) is 0. The summed E-state index contributed by atoms with van der Waals surface area (Å²) in [7, 11) is 0. The Bertz CT molecular complexity index is 4740. The van der Waals surface area contributed by atoms with E-state index >= 15 is 0 Å². The molecule has 0 atom stereocenters. The summed E-state index contributed by atoms with van der Waals surface area (Å²) in [5, 5.41) is 12.8. The van der Waals surface area contributed by atoms with Gasteiger partial charge >= 0.3 is 0 Å². The standard InChI is InChI=1S/C96H106N2/c1-7-11-15-19-23-31-53-95(54-32-24-20-16-12-8-2)88-58-68(6)40-48-83(88)85-51-45-73(64-90(85)95)92-66-93(98-94(97-92)75-47-49-82-80-37-28-27-35-78(80)79-36-29-30-38-81(79)87(82)62-75)74-46-52-86-84-50-44-72(69-42-43-71-60-76-57-67(5)39-41-70(76)61-77(71)59-69)63-89(84)96(91(86)65-74,55-33-25-21-17-13-9-3)56-34-26-22-18-14-10-4/h27-30,35-52,57-66H,7-26,31-34,53-56H2,1-6H3. The highest BCUT2D eigenvalue weighted by molar-refractivity contribution is 6.25. The van der Waals surface area contributed by atoms with E-state index in [1.807, 2.05) is 0 Å². The van der Waals surface area contributed by atoms with Crippen molar-refractivity contribution in [3.8, 4) is 67.3 Å². The zero-order valence-corrected chi connectivity index (χ0v) is 60.2.